The normalized spacial score (nSPS) is 14.7. The molecule has 1 fully saturated rings. The van der Waals surface area contributed by atoms with E-state index in [0.29, 0.717) is 30.8 Å². The van der Waals surface area contributed by atoms with E-state index < -0.39 is 0 Å². The van der Waals surface area contributed by atoms with Gasteiger partial charge in [0, 0.05) is 5.57 Å². The lowest BCUT2D eigenvalue weighted by atomic mass is 9.80. The molecular formula is C36H66O4. The third kappa shape index (κ3) is 18.2. The molecule has 0 saturated heterocycles. The van der Waals surface area contributed by atoms with Gasteiger partial charge in [0.1, 0.15) is 0 Å². The van der Waals surface area contributed by atoms with E-state index in [-0.39, 0.29) is 17.9 Å². The van der Waals surface area contributed by atoms with E-state index in [2.05, 4.69) is 20.8 Å². The molecule has 4 heteroatoms. The fourth-order valence-electron chi connectivity index (χ4n) is 5.97. The van der Waals surface area contributed by atoms with Crippen LogP contribution in [0.5, 0.6) is 0 Å². The second-order valence-corrected chi connectivity index (χ2v) is 12.3. The zero-order valence-electron chi connectivity index (χ0n) is 27.0. The number of carbonyl (C=O) groups is 2. The van der Waals surface area contributed by atoms with Crippen molar-refractivity contribution in [2.75, 3.05) is 13.2 Å². The molecule has 1 rings (SSSR count). The molecule has 0 unspecified atom stereocenters. The maximum atomic E-state index is 13.5. The third-order valence-electron chi connectivity index (χ3n) is 8.55. The molecular weight excluding hydrogens is 496 g/mol. The first-order valence-electron chi connectivity index (χ1n) is 17.7. The summed E-state index contributed by atoms with van der Waals surface area (Å²) in [5, 5.41) is 0. The van der Waals surface area contributed by atoms with Crippen LogP contribution in [0, 0.1) is 5.92 Å². The van der Waals surface area contributed by atoms with Crippen LogP contribution in [0.15, 0.2) is 11.1 Å². The van der Waals surface area contributed by atoms with Gasteiger partial charge in [0.25, 0.3) is 0 Å². The van der Waals surface area contributed by atoms with Crippen molar-refractivity contribution in [2.24, 2.45) is 5.92 Å². The summed E-state index contributed by atoms with van der Waals surface area (Å²) in [4.78, 5) is 27.0. The summed E-state index contributed by atoms with van der Waals surface area (Å²) in [7, 11) is 0. The summed E-state index contributed by atoms with van der Waals surface area (Å²) in [6, 6.07) is 0. The molecule has 0 bridgehead atoms. The van der Waals surface area contributed by atoms with Gasteiger partial charge in [0.2, 0.25) is 0 Å². The average Bonchev–Trinajstić information content (AvgIpc) is 2.97. The molecule has 0 aliphatic heterocycles. The van der Waals surface area contributed by atoms with Crippen molar-refractivity contribution in [3.63, 3.8) is 0 Å². The summed E-state index contributed by atoms with van der Waals surface area (Å²) >= 11 is 0. The smallest absolute Gasteiger partial charge is 0.334 e. The highest BCUT2D eigenvalue weighted by molar-refractivity contribution is 6.00. The Morgan fingerprint density at radius 3 is 1.38 bits per heavy atom. The highest BCUT2D eigenvalue weighted by Gasteiger charge is 2.31. The van der Waals surface area contributed by atoms with E-state index in [1.807, 2.05) is 0 Å². The predicted octanol–water partition coefficient (Wildman–Crippen LogP) is 11.2. The zero-order chi connectivity index (χ0) is 29.1. The van der Waals surface area contributed by atoms with Crippen LogP contribution in [0.2, 0.25) is 0 Å². The summed E-state index contributed by atoms with van der Waals surface area (Å²) in [5.74, 6) is -0.364. The first-order chi connectivity index (χ1) is 19.7. The summed E-state index contributed by atoms with van der Waals surface area (Å²) in [5.41, 5.74) is 1.30. The van der Waals surface area contributed by atoms with E-state index >= 15 is 0 Å². The van der Waals surface area contributed by atoms with Crippen LogP contribution in [0.3, 0.4) is 0 Å². The summed E-state index contributed by atoms with van der Waals surface area (Å²) < 4.78 is 11.7. The number of carbonyl (C=O) groups excluding carboxylic acids is 2. The molecule has 4 nitrogen and oxygen atoms in total. The van der Waals surface area contributed by atoms with E-state index in [0.717, 1.165) is 64.2 Å². The summed E-state index contributed by atoms with van der Waals surface area (Å²) in [6.45, 7) is 7.62. The van der Waals surface area contributed by atoms with Gasteiger partial charge < -0.3 is 9.47 Å². The van der Waals surface area contributed by atoms with Gasteiger partial charge in [-0.15, -0.1) is 0 Å². The molecule has 0 aromatic heterocycles. The Kier molecular flexibility index (Phi) is 24.4. The molecule has 0 atom stereocenters. The topological polar surface area (TPSA) is 52.6 Å². The number of hydrogen-bond acceptors (Lipinski definition) is 4. The lowest BCUT2D eigenvalue weighted by molar-refractivity contribution is -0.143. The number of esters is 2. The van der Waals surface area contributed by atoms with Gasteiger partial charge in [-0.2, -0.15) is 0 Å². The van der Waals surface area contributed by atoms with E-state index in [9.17, 15) is 9.59 Å². The molecule has 0 aromatic rings. The standard InChI is InChI=1S/C36H66O4/c1-4-7-10-13-16-17-18-24-29-33(35(37)39-30-25-19-14-11-8-5-2)34(32-27-22-21-23-28-32)36(38)40-31-26-20-15-12-9-6-3/h32H,4-31H2,1-3H3/b34-33-. The van der Waals surface area contributed by atoms with Crippen molar-refractivity contribution < 1.29 is 19.1 Å². The number of rotatable bonds is 26. The van der Waals surface area contributed by atoms with Crippen molar-refractivity contribution in [2.45, 2.75) is 188 Å². The van der Waals surface area contributed by atoms with Crippen molar-refractivity contribution in [3.8, 4) is 0 Å². The largest absolute Gasteiger partial charge is 0.462 e. The van der Waals surface area contributed by atoms with E-state index in [1.165, 1.54) is 96.3 Å². The minimum Gasteiger partial charge on any atom is -0.462 e. The van der Waals surface area contributed by atoms with Gasteiger partial charge in [-0.25, -0.2) is 9.59 Å². The quantitative estimate of drug-likeness (QED) is 0.0597. The average molecular weight is 563 g/mol. The van der Waals surface area contributed by atoms with E-state index in [1.54, 1.807) is 0 Å². The molecule has 234 valence electrons. The Balaban J connectivity index is 2.84. The monoisotopic (exact) mass is 562 g/mol. The fourth-order valence-corrected chi connectivity index (χ4v) is 5.97. The van der Waals surface area contributed by atoms with Crippen molar-refractivity contribution >= 4 is 11.9 Å². The van der Waals surface area contributed by atoms with Crippen LogP contribution in [0.1, 0.15) is 188 Å². The van der Waals surface area contributed by atoms with E-state index in [4.69, 9.17) is 9.47 Å². The second-order valence-electron chi connectivity index (χ2n) is 12.3. The van der Waals surface area contributed by atoms with Gasteiger partial charge >= 0.3 is 11.9 Å². The second kappa shape index (κ2) is 26.6. The molecule has 0 amide bonds. The first-order valence-corrected chi connectivity index (χ1v) is 17.7. The van der Waals surface area contributed by atoms with Gasteiger partial charge in [-0.05, 0) is 44.4 Å². The van der Waals surface area contributed by atoms with Crippen molar-refractivity contribution in [3.05, 3.63) is 11.1 Å². The Hall–Kier alpha value is -1.32. The highest BCUT2D eigenvalue weighted by atomic mass is 16.5. The maximum absolute atomic E-state index is 13.5. The molecule has 0 spiro atoms. The van der Waals surface area contributed by atoms with Crippen LogP contribution in [0.25, 0.3) is 0 Å². The van der Waals surface area contributed by atoms with Gasteiger partial charge in [0.05, 0.1) is 18.8 Å². The highest BCUT2D eigenvalue weighted by Crippen LogP contribution is 2.34. The fraction of sp³-hybridized carbons (Fsp3) is 0.889. The molecule has 0 aromatic carbocycles. The SMILES string of the molecule is CCCCCCCCCC/C(C(=O)OCCCCCCCC)=C(/C(=O)OCCCCCCCC)C1CCCCC1. The van der Waals surface area contributed by atoms with Crippen molar-refractivity contribution in [1.29, 1.82) is 0 Å². The Labute approximate surface area is 248 Å². The maximum Gasteiger partial charge on any atom is 0.334 e. The minimum absolute atomic E-state index is 0.136. The lowest BCUT2D eigenvalue weighted by Crippen LogP contribution is -2.24. The van der Waals surface area contributed by atoms with Crippen LogP contribution in [-0.4, -0.2) is 25.2 Å². The van der Waals surface area contributed by atoms with Crippen molar-refractivity contribution in [1.82, 2.24) is 0 Å². The Morgan fingerprint density at radius 2 is 0.900 bits per heavy atom. The molecule has 0 N–H and O–H groups in total. The van der Waals surface area contributed by atoms with Gasteiger partial charge in [-0.1, -0.05) is 149 Å². The number of ether oxygens (including phenoxy) is 2. The Morgan fingerprint density at radius 1 is 0.500 bits per heavy atom. The molecule has 0 heterocycles. The van der Waals surface area contributed by atoms with Crippen LogP contribution in [0.4, 0.5) is 0 Å². The zero-order valence-corrected chi connectivity index (χ0v) is 27.0. The molecule has 40 heavy (non-hydrogen) atoms. The molecule has 1 saturated carbocycles. The summed E-state index contributed by atoms with van der Waals surface area (Å²) in [6.07, 6.45) is 29.7. The molecule has 1 aliphatic carbocycles. The molecule has 1 aliphatic rings. The Bertz CT molecular complexity index is 647. The van der Waals surface area contributed by atoms with Crippen LogP contribution >= 0.6 is 0 Å². The minimum atomic E-state index is -0.256. The van der Waals surface area contributed by atoms with Crippen LogP contribution in [-0.2, 0) is 19.1 Å². The number of hydrogen-bond donors (Lipinski definition) is 0. The predicted molar refractivity (Wildman–Crippen MR) is 169 cm³/mol. The first kappa shape index (κ1) is 36.7. The van der Waals surface area contributed by atoms with Gasteiger partial charge in [0.15, 0.2) is 0 Å². The van der Waals surface area contributed by atoms with Crippen LogP contribution < -0.4 is 0 Å². The van der Waals surface area contributed by atoms with Gasteiger partial charge in [-0.3, -0.25) is 0 Å². The molecule has 0 radical (unpaired) electrons. The lowest BCUT2D eigenvalue weighted by Gasteiger charge is -2.26. The number of unbranched alkanes of at least 4 members (excludes halogenated alkanes) is 17. The third-order valence-corrected chi connectivity index (χ3v) is 8.55.